The third-order valence-electron chi connectivity index (χ3n) is 3.36. The van der Waals surface area contributed by atoms with Gasteiger partial charge in [-0.05, 0) is 12.8 Å². The molecule has 0 aromatic rings. The van der Waals surface area contributed by atoms with Gasteiger partial charge in [-0.1, -0.05) is 51.4 Å². The van der Waals surface area contributed by atoms with Gasteiger partial charge in [0.1, 0.15) is 0 Å². The van der Waals surface area contributed by atoms with Gasteiger partial charge in [0, 0.05) is 12.8 Å². The van der Waals surface area contributed by atoms with Crippen molar-refractivity contribution in [3.8, 4) is 0 Å². The highest BCUT2D eigenvalue weighted by atomic mass is 16.4. The monoisotopic (exact) mass is 300 g/mol. The topological polar surface area (TPSA) is 94.8 Å². The average molecular weight is 300 g/mol. The number of carbonyl (C=O) groups is 2. The molecule has 0 saturated heterocycles. The molecule has 21 heavy (non-hydrogen) atoms. The summed E-state index contributed by atoms with van der Waals surface area (Å²) in [6.07, 6.45) is 12.1. The Morgan fingerprint density at radius 2 is 1.00 bits per heavy atom. The number of allylic oxidation sites excluding steroid dienone is 1. The van der Waals surface area contributed by atoms with Crippen molar-refractivity contribution in [2.24, 2.45) is 0 Å². The second-order valence-electron chi connectivity index (χ2n) is 5.40. The van der Waals surface area contributed by atoms with Gasteiger partial charge in [0.05, 0.1) is 11.8 Å². The van der Waals surface area contributed by atoms with Gasteiger partial charge in [0.15, 0.2) is 0 Å². The second-order valence-corrected chi connectivity index (χ2v) is 5.40. The standard InChI is InChI=1S/C16H28O5/c17-14(13-16(20)21)11-9-7-5-3-1-2-4-6-8-10-12-15(18)19/h13,17H,1-12H2,(H,18,19)(H,20,21). The molecule has 0 atom stereocenters. The zero-order chi connectivity index (χ0) is 15.9. The molecule has 0 fully saturated rings. The van der Waals surface area contributed by atoms with E-state index in [2.05, 4.69) is 0 Å². The zero-order valence-corrected chi connectivity index (χ0v) is 12.7. The molecule has 0 aromatic carbocycles. The Morgan fingerprint density at radius 3 is 1.38 bits per heavy atom. The minimum Gasteiger partial charge on any atom is -0.512 e. The highest BCUT2D eigenvalue weighted by molar-refractivity contribution is 5.80. The van der Waals surface area contributed by atoms with E-state index in [0.717, 1.165) is 44.6 Å². The van der Waals surface area contributed by atoms with Gasteiger partial charge in [0.2, 0.25) is 0 Å². The summed E-state index contributed by atoms with van der Waals surface area (Å²) in [6.45, 7) is 0. The quantitative estimate of drug-likeness (QED) is 0.253. The van der Waals surface area contributed by atoms with Crippen LogP contribution in [-0.4, -0.2) is 27.3 Å². The lowest BCUT2D eigenvalue weighted by molar-refractivity contribution is -0.137. The van der Waals surface area contributed by atoms with Crippen molar-refractivity contribution < 1.29 is 24.9 Å². The Bertz CT molecular complexity index is 323. The molecule has 0 saturated carbocycles. The summed E-state index contributed by atoms with van der Waals surface area (Å²) in [5.74, 6) is -1.86. The minimum absolute atomic E-state index is 0.0520. The van der Waals surface area contributed by atoms with Crippen LogP contribution >= 0.6 is 0 Å². The molecule has 5 nitrogen and oxygen atoms in total. The van der Waals surface area contributed by atoms with Crippen molar-refractivity contribution in [3.05, 3.63) is 11.8 Å². The molecule has 0 aliphatic rings. The van der Waals surface area contributed by atoms with Crippen LogP contribution in [-0.2, 0) is 9.59 Å². The number of hydrogen-bond donors (Lipinski definition) is 3. The maximum Gasteiger partial charge on any atom is 0.331 e. The first kappa shape index (κ1) is 19.5. The number of aliphatic carboxylic acids is 2. The Balaban J connectivity index is 3.19. The summed E-state index contributed by atoms with van der Waals surface area (Å²) >= 11 is 0. The lowest BCUT2D eigenvalue weighted by Gasteiger charge is -2.02. The maximum atomic E-state index is 10.3. The first-order valence-electron chi connectivity index (χ1n) is 7.86. The Labute approximate surface area is 126 Å². The van der Waals surface area contributed by atoms with Crippen LogP contribution in [0, 0.1) is 0 Å². The van der Waals surface area contributed by atoms with Crippen LogP contribution in [0.4, 0.5) is 0 Å². The number of carboxylic acids is 2. The fourth-order valence-electron chi connectivity index (χ4n) is 2.21. The fourth-order valence-corrected chi connectivity index (χ4v) is 2.21. The van der Waals surface area contributed by atoms with Crippen molar-refractivity contribution >= 4 is 11.9 Å². The van der Waals surface area contributed by atoms with E-state index in [0.29, 0.717) is 6.42 Å². The van der Waals surface area contributed by atoms with Crippen LogP contribution in [0.25, 0.3) is 0 Å². The molecule has 0 bridgehead atoms. The van der Waals surface area contributed by atoms with E-state index in [-0.39, 0.29) is 12.2 Å². The summed E-state index contributed by atoms with van der Waals surface area (Å²) in [7, 11) is 0. The van der Waals surface area contributed by atoms with E-state index >= 15 is 0 Å². The number of unbranched alkanes of at least 4 members (excludes halogenated alkanes) is 9. The Hall–Kier alpha value is -1.52. The normalized spacial score (nSPS) is 11.5. The number of aliphatic hydroxyl groups excluding tert-OH is 1. The first-order chi connectivity index (χ1) is 10.0. The van der Waals surface area contributed by atoms with Crippen LogP contribution < -0.4 is 0 Å². The molecule has 0 aromatic heterocycles. The molecule has 3 N–H and O–H groups in total. The van der Waals surface area contributed by atoms with Gasteiger partial charge >= 0.3 is 11.9 Å². The van der Waals surface area contributed by atoms with E-state index in [1.807, 2.05) is 0 Å². The number of rotatable bonds is 14. The predicted octanol–water partition coefficient (Wildman–Crippen LogP) is 4.28. The summed E-state index contributed by atoms with van der Waals surface area (Å²) in [4.78, 5) is 20.6. The SMILES string of the molecule is O=C(O)C=C(O)CCCCCCCCCCCCC(=O)O. The highest BCUT2D eigenvalue weighted by Gasteiger charge is 1.99. The van der Waals surface area contributed by atoms with Crippen LogP contribution in [0.1, 0.15) is 77.0 Å². The van der Waals surface area contributed by atoms with Crippen molar-refractivity contribution in [2.75, 3.05) is 0 Å². The van der Waals surface area contributed by atoms with E-state index in [4.69, 9.17) is 10.2 Å². The lowest BCUT2D eigenvalue weighted by Crippen LogP contribution is -1.93. The molecule has 122 valence electrons. The molecule has 0 radical (unpaired) electrons. The van der Waals surface area contributed by atoms with Gasteiger partial charge in [-0.15, -0.1) is 0 Å². The smallest absolute Gasteiger partial charge is 0.331 e. The Morgan fingerprint density at radius 1 is 0.619 bits per heavy atom. The van der Waals surface area contributed by atoms with Crippen molar-refractivity contribution in [1.82, 2.24) is 0 Å². The van der Waals surface area contributed by atoms with E-state index < -0.39 is 11.9 Å². The van der Waals surface area contributed by atoms with Gasteiger partial charge in [-0.25, -0.2) is 4.79 Å². The first-order valence-corrected chi connectivity index (χ1v) is 7.86. The van der Waals surface area contributed by atoms with Crippen LogP contribution in [0.5, 0.6) is 0 Å². The molecule has 0 amide bonds. The molecule has 0 spiro atoms. The number of aliphatic hydroxyl groups is 1. The minimum atomic E-state index is -1.10. The largest absolute Gasteiger partial charge is 0.512 e. The van der Waals surface area contributed by atoms with Crippen molar-refractivity contribution in [2.45, 2.75) is 77.0 Å². The zero-order valence-electron chi connectivity index (χ0n) is 12.7. The van der Waals surface area contributed by atoms with Crippen LogP contribution in [0.15, 0.2) is 11.8 Å². The lowest BCUT2D eigenvalue weighted by atomic mass is 10.0. The maximum absolute atomic E-state index is 10.3. The fraction of sp³-hybridized carbons (Fsp3) is 0.750. The molecule has 0 heterocycles. The van der Waals surface area contributed by atoms with Crippen molar-refractivity contribution in [1.29, 1.82) is 0 Å². The molecule has 0 aliphatic heterocycles. The molecule has 0 unspecified atom stereocenters. The summed E-state index contributed by atoms with van der Waals surface area (Å²) in [6, 6.07) is 0. The predicted molar refractivity (Wildman–Crippen MR) is 81.4 cm³/mol. The van der Waals surface area contributed by atoms with Gasteiger partial charge in [-0.2, -0.15) is 0 Å². The molecule has 0 rings (SSSR count). The van der Waals surface area contributed by atoms with E-state index in [9.17, 15) is 14.7 Å². The number of carboxylic acid groups (broad SMARTS) is 2. The van der Waals surface area contributed by atoms with E-state index in [1.165, 1.54) is 25.7 Å². The molecular weight excluding hydrogens is 272 g/mol. The van der Waals surface area contributed by atoms with Crippen LogP contribution in [0.3, 0.4) is 0 Å². The van der Waals surface area contributed by atoms with Gasteiger partial charge < -0.3 is 15.3 Å². The Kier molecular flexibility index (Phi) is 12.5. The number of hydrogen-bond acceptors (Lipinski definition) is 3. The van der Waals surface area contributed by atoms with Gasteiger partial charge in [-0.3, -0.25) is 4.79 Å². The average Bonchev–Trinajstić information content (AvgIpc) is 2.38. The molecule has 5 heteroatoms. The van der Waals surface area contributed by atoms with E-state index in [1.54, 1.807) is 0 Å². The summed E-state index contributed by atoms with van der Waals surface area (Å²) < 4.78 is 0. The third kappa shape index (κ3) is 16.4. The van der Waals surface area contributed by atoms with Gasteiger partial charge in [0.25, 0.3) is 0 Å². The summed E-state index contributed by atoms with van der Waals surface area (Å²) in [5.41, 5.74) is 0. The second kappa shape index (κ2) is 13.5. The highest BCUT2D eigenvalue weighted by Crippen LogP contribution is 2.13. The van der Waals surface area contributed by atoms with Crippen molar-refractivity contribution in [3.63, 3.8) is 0 Å². The summed E-state index contributed by atoms with van der Waals surface area (Å²) in [5, 5.41) is 26.1. The third-order valence-corrected chi connectivity index (χ3v) is 3.36. The van der Waals surface area contributed by atoms with Crippen LogP contribution in [0.2, 0.25) is 0 Å². The molecule has 0 aliphatic carbocycles. The molecular formula is C16H28O5.